The molecule has 0 bridgehead atoms. The fourth-order valence-corrected chi connectivity index (χ4v) is 7.80. The zero-order valence-electron chi connectivity index (χ0n) is 42.7. The minimum atomic E-state index is -4.46. The number of allylic oxidation sites excluding steroid dienone is 11. The molecule has 0 rings (SSSR count). The lowest BCUT2D eigenvalue weighted by Crippen LogP contribution is -2.47. The van der Waals surface area contributed by atoms with Gasteiger partial charge in [-0.3, -0.25) is 18.6 Å². The van der Waals surface area contributed by atoms with Gasteiger partial charge in [0.15, 0.2) is 0 Å². The Hall–Kier alpha value is -2.55. The second-order valence-electron chi connectivity index (χ2n) is 18.7. The Bertz CT molecular complexity index is 1350. The SMILES string of the molecule is CC/C=C/C/C=C/C/C=C/CCCCCCC(=O)OC(/C=C/CCCCCCCCCCCC)C(COP(=O)(O)OCC[N+](C)(C)C)NC(=O)CC/C=C/C/C=C\CCCCCCCC. The molecule has 0 aliphatic carbocycles. The molecule has 10 heteroatoms. The topological polar surface area (TPSA) is 111 Å². The van der Waals surface area contributed by atoms with Crippen molar-refractivity contribution in [3.05, 3.63) is 72.9 Å². The molecule has 0 aromatic heterocycles. The van der Waals surface area contributed by atoms with E-state index in [0.717, 1.165) is 77.0 Å². The van der Waals surface area contributed by atoms with Gasteiger partial charge in [0.25, 0.3) is 0 Å². The van der Waals surface area contributed by atoms with Crippen molar-refractivity contribution in [1.82, 2.24) is 5.32 Å². The van der Waals surface area contributed by atoms with Gasteiger partial charge < -0.3 is 19.4 Å². The number of rotatable bonds is 46. The predicted octanol–water partition coefficient (Wildman–Crippen LogP) is 15.3. The summed E-state index contributed by atoms with van der Waals surface area (Å²) in [5.74, 6) is -0.615. The second-order valence-corrected chi connectivity index (χ2v) is 20.1. The number of hydrogen-bond donors (Lipinski definition) is 2. The molecule has 0 heterocycles. The maximum absolute atomic E-state index is 13.4. The highest BCUT2D eigenvalue weighted by atomic mass is 31.2. The molecule has 0 saturated heterocycles. The van der Waals surface area contributed by atoms with Crippen LogP contribution < -0.4 is 5.32 Å². The van der Waals surface area contributed by atoms with E-state index in [4.69, 9.17) is 13.8 Å². The summed E-state index contributed by atoms with van der Waals surface area (Å²) in [6, 6.07) is -0.888. The third kappa shape index (κ3) is 46.4. The smallest absolute Gasteiger partial charge is 0.456 e. The van der Waals surface area contributed by atoms with Crippen molar-refractivity contribution in [3.63, 3.8) is 0 Å². The third-order valence-corrected chi connectivity index (χ3v) is 12.1. The van der Waals surface area contributed by atoms with Crippen molar-refractivity contribution >= 4 is 19.7 Å². The molecule has 3 atom stereocenters. The van der Waals surface area contributed by atoms with Crippen LogP contribution in [0.2, 0.25) is 0 Å². The van der Waals surface area contributed by atoms with E-state index < -0.39 is 20.0 Å². The third-order valence-electron chi connectivity index (χ3n) is 11.1. The van der Waals surface area contributed by atoms with E-state index in [9.17, 15) is 19.0 Å². The van der Waals surface area contributed by atoms with Crippen molar-refractivity contribution < 1.29 is 37.3 Å². The molecule has 3 unspecified atom stereocenters. The first-order valence-corrected chi connectivity index (χ1v) is 27.8. The van der Waals surface area contributed by atoms with Gasteiger partial charge in [0, 0.05) is 12.8 Å². The first-order valence-electron chi connectivity index (χ1n) is 26.3. The van der Waals surface area contributed by atoms with Gasteiger partial charge in [0.1, 0.15) is 19.3 Å². The maximum Gasteiger partial charge on any atom is 0.472 e. The van der Waals surface area contributed by atoms with Gasteiger partial charge in [-0.15, -0.1) is 0 Å². The van der Waals surface area contributed by atoms with Gasteiger partial charge in [0.05, 0.1) is 33.8 Å². The highest BCUT2D eigenvalue weighted by molar-refractivity contribution is 7.47. The average Bonchev–Trinajstić information content (AvgIpc) is 3.26. The molecule has 65 heavy (non-hydrogen) atoms. The van der Waals surface area contributed by atoms with Crippen molar-refractivity contribution in [2.45, 2.75) is 226 Å². The fourth-order valence-electron chi connectivity index (χ4n) is 7.06. The number of ether oxygens (including phenoxy) is 1. The summed E-state index contributed by atoms with van der Waals surface area (Å²) in [7, 11) is 1.44. The fraction of sp³-hybridized carbons (Fsp3) is 0.745. The van der Waals surface area contributed by atoms with Crippen LogP contribution in [-0.4, -0.2) is 74.3 Å². The van der Waals surface area contributed by atoms with Crippen LogP contribution in [0.25, 0.3) is 0 Å². The Labute approximate surface area is 400 Å². The van der Waals surface area contributed by atoms with Crippen LogP contribution >= 0.6 is 7.82 Å². The Morgan fingerprint density at radius 3 is 1.51 bits per heavy atom. The molecule has 2 N–H and O–H groups in total. The van der Waals surface area contributed by atoms with Crippen molar-refractivity contribution in [2.75, 3.05) is 40.9 Å². The number of carbonyl (C=O) groups excluding carboxylic acids is 2. The number of phosphoric acid groups is 1. The molecule has 0 fully saturated rings. The Balaban J connectivity index is 5.55. The molecule has 0 saturated carbocycles. The van der Waals surface area contributed by atoms with Crippen LogP contribution in [0, 0.1) is 0 Å². The maximum atomic E-state index is 13.4. The van der Waals surface area contributed by atoms with Crippen LogP contribution in [0.5, 0.6) is 0 Å². The number of nitrogens with one attached hydrogen (secondary N) is 1. The summed E-state index contributed by atoms with van der Waals surface area (Å²) < 4.78 is 30.4. The highest BCUT2D eigenvalue weighted by Crippen LogP contribution is 2.43. The molecule has 0 radical (unpaired) electrons. The van der Waals surface area contributed by atoms with Gasteiger partial charge in [-0.05, 0) is 83.1 Å². The predicted molar refractivity (Wildman–Crippen MR) is 277 cm³/mol. The number of nitrogens with zero attached hydrogens (tertiary/aromatic N) is 1. The number of unbranched alkanes of at least 4 members (excludes halogenated alkanes) is 20. The molecule has 1 amide bonds. The second kappa shape index (κ2) is 45.2. The standard InChI is InChI=1S/C55H99N2O7P/c1-7-10-13-16-19-22-25-28-30-33-36-39-42-45-48-55(59)64-53(46-43-40-37-34-31-27-24-21-18-15-12-9-3)52(51-63-65(60,61)62-50-49-57(4,5)6)56-54(58)47-44-41-38-35-32-29-26-23-20-17-14-11-8-2/h10,13,19,22,28-30,32,38,41,43,46,52-53H,7-9,11-12,14-18,20-21,23-27,31,33-37,39-40,42,44-45,47-51H2,1-6H3,(H-,56,58,60,61)/p+1/b13-10+,22-19+,30-28+,32-29-,41-38+,46-43+. The van der Waals surface area contributed by atoms with E-state index in [1.165, 1.54) is 89.9 Å². The number of likely N-dealkylation sites (N-methyl/N-ethyl adjacent to an activating group) is 1. The van der Waals surface area contributed by atoms with E-state index in [1.54, 1.807) is 0 Å². The first kappa shape index (κ1) is 62.4. The number of carbonyl (C=O) groups is 2. The van der Waals surface area contributed by atoms with E-state index >= 15 is 0 Å². The van der Waals surface area contributed by atoms with Gasteiger partial charge >= 0.3 is 13.8 Å². The summed E-state index contributed by atoms with van der Waals surface area (Å²) in [5.41, 5.74) is 0. The summed E-state index contributed by atoms with van der Waals surface area (Å²) in [4.78, 5) is 37.4. The average molecular weight is 932 g/mol. The highest BCUT2D eigenvalue weighted by Gasteiger charge is 2.30. The van der Waals surface area contributed by atoms with Crippen LogP contribution in [0.1, 0.15) is 213 Å². The molecule has 0 aromatic rings. The molecule has 0 spiro atoms. The lowest BCUT2D eigenvalue weighted by Gasteiger charge is -2.27. The minimum Gasteiger partial charge on any atom is -0.456 e. The zero-order valence-corrected chi connectivity index (χ0v) is 43.6. The summed E-state index contributed by atoms with van der Waals surface area (Å²) in [6.45, 7) is 6.80. The minimum absolute atomic E-state index is 0.0247. The number of quaternary nitrogens is 1. The summed E-state index contributed by atoms with van der Waals surface area (Å²) >= 11 is 0. The zero-order chi connectivity index (χ0) is 48.0. The van der Waals surface area contributed by atoms with E-state index in [1.807, 2.05) is 39.4 Å². The number of amides is 1. The van der Waals surface area contributed by atoms with E-state index in [-0.39, 0.29) is 37.9 Å². The van der Waals surface area contributed by atoms with Gasteiger partial charge in [-0.2, -0.15) is 0 Å². The number of esters is 1. The molecule has 0 aliphatic rings. The van der Waals surface area contributed by atoms with Crippen LogP contribution in [0.3, 0.4) is 0 Å². The Morgan fingerprint density at radius 1 is 0.554 bits per heavy atom. The molecular weight excluding hydrogens is 832 g/mol. The molecule has 0 aromatic carbocycles. The van der Waals surface area contributed by atoms with Crippen LogP contribution in [0.15, 0.2) is 72.9 Å². The summed E-state index contributed by atoms with van der Waals surface area (Å²) in [6.07, 6.45) is 56.3. The molecule has 376 valence electrons. The van der Waals surface area contributed by atoms with Gasteiger partial charge in [-0.25, -0.2) is 4.57 Å². The van der Waals surface area contributed by atoms with E-state index in [0.29, 0.717) is 23.9 Å². The molecule has 9 nitrogen and oxygen atoms in total. The van der Waals surface area contributed by atoms with Gasteiger partial charge in [-0.1, -0.05) is 190 Å². The van der Waals surface area contributed by atoms with Crippen molar-refractivity contribution in [2.24, 2.45) is 0 Å². The Morgan fingerprint density at radius 2 is 1.00 bits per heavy atom. The lowest BCUT2D eigenvalue weighted by atomic mass is 10.1. The quantitative estimate of drug-likeness (QED) is 0.0206. The van der Waals surface area contributed by atoms with Gasteiger partial charge in [0.2, 0.25) is 5.91 Å². The Kier molecular flexibility index (Phi) is 43.5. The number of hydrogen-bond acceptors (Lipinski definition) is 6. The lowest BCUT2D eigenvalue weighted by molar-refractivity contribution is -0.870. The van der Waals surface area contributed by atoms with E-state index in [2.05, 4.69) is 80.8 Å². The van der Waals surface area contributed by atoms with Crippen molar-refractivity contribution in [3.8, 4) is 0 Å². The molecular formula is C55H100N2O7P+. The normalized spacial score (nSPS) is 14.5. The van der Waals surface area contributed by atoms with Crippen LogP contribution in [0.4, 0.5) is 0 Å². The van der Waals surface area contributed by atoms with Crippen LogP contribution in [-0.2, 0) is 27.9 Å². The first-order chi connectivity index (χ1) is 31.4. The largest absolute Gasteiger partial charge is 0.472 e. The summed E-state index contributed by atoms with van der Waals surface area (Å²) in [5, 5.41) is 2.99. The van der Waals surface area contributed by atoms with Crippen molar-refractivity contribution in [1.29, 1.82) is 0 Å². The number of phosphoric ester groups is 1. The monoisotopic (exact) mass is 932 g/mol. The molecule has 0 aliphatic heterocycles.